The Kier molecular flexibility index (Phi) is 3.08. The number of nitrogens with zero attached hydrogens (tertiary/aromatic N) is 1. The van der Waals surface area contributed by atoms with Gasteiger partial charge in [-0.05, 0) is 24.5 Å². The van der Waals surface area contributed by atoms with Crippen LogP contribution < -0.4 is 5.32 Å². The average Bonchev–Trinajstić information content (AvgIpc) is 2.80. The van der Waals surface area contributed by atoms with Crippen molar-refractivity contribution < 1.29 is 4.42 Å². The van der Waals surface area contributed by atoms with Crippen LogP contribution in [0.25, 0.3) is 0 Å². The lowest BCUT2D eigenvalue weighted by Gasteiger charge is -1.98. The summed E-state index contributed by atoms with van der Waals surface area (Å²) in [6.07, 6.45) is 1.81. The molecule has 0 saturated heterocycles. The summed E-state index contributed by atoms with van der Waals surface area (Å²) in [5.41, 5.74) is 0. The molecule has 2 rings (SSSR count). The molecule has 0 spiro atoms. The summed E-state index contributed by atoms with van der Waals surface area (Å²) in [6.45, 7) is 3.70. The second-order valence-corrected chi connectivity index (χ2v) is 4.21. The van der Waals surface area contributed by atoms with Crippen LogP contribution in [0.15, 0.2) is 16.5 Å². The highest BCUT2D eigenvalue weighted by atomic mass is 16.3. The molecule has 0 aromatic carbocycles. The minimum atomic E-state index is 0.549. The van der Waals surface area contributed by atoms with E-state index >= 15 is 0 Å². The van der Waals surface area contributed by atoms with Gasteiger partial charge in [0.05, 0.1) is 12.6 Å². The molecule has 1 aliphatic rings. The molecule has 1 fully saturated rings. The van der Waals surface area contributed by atoms with E-state index in [1.807, 2.05) is 6.07 Å². The van der Waals surface area contributed by atoms with E-state index in [1.165, 1.54) is 6.42 Å². The van der Waals surface area contributed by atoms with E-state index in [2.05, 4.69) is 24.4 Å². The number of nitriles is 1. The Balaban J connectivity index is 1.78. The molecule has 1 aromatic rings. The third-order valence-electron chi connectivity index (χ3n) is 2.87. The first kappa shape index (κ1) is 10.3. The second-order valence-electron chi connectivity index (χ2n) is 4.21. The van der Waals surface area contributed by atoms with Crippen molar-refractivity contribution in [1.82, 2.24) is 5.32 Å². The van der Waals surface area contributed by atoms with Crippen molar-refractivity contribution in [3.05, 3.63) is 23.7 Å². The maximum absolute atomic E-state index is 8.36. The fourth-order valence-electron chi connectivity index (χ4n) is 1.76. The molecule has 80 valence electrons. The molecule has 2 atom stereocenters. The normalized spacial score (nSPS) is 23.7. The van der Waals surface area contributed by atoms with Gasteiger partial charge in [-0.15, -0.1) is 0 Å². The smallest absolute Gasteiger partial charge is 0.117 e. The average molecular weight is 204 g/mol. The molecule has 0 aliphatic heterocycles. The van der Waals surface area contributed by atoms with Crippen molar-refractivity contribution in [2.45, 2.75) is 32.2 Å². The van der Waals surface area contributed by atoms with Gasteiger partial charge in [0.1, 0.15) is 11.5 Å². The molecule has 0 amide bonds. The van der Waals surface area contributed by atoms with Crippen molar-refractivity contribution in [1.29, 1.82) is 5.26 Å². The van der Waals surface area contributed by atoms with E-state index < -0.39 is 0 Å². The summed E-state index contributed by atoms with van der Waals surface area (Å²) in [7, 11) is 0. The number of hydrogen-bond donors (Lipinski definition) is 1. The van der Waals surface area contributed by atoms with Crippen molar-refractivity contribution in [2.75, 3.05) is 6.54 Å². The monoisotopic (exact) mass is 204 g/mol. The van der Waals surface area contributed by atoms with E-state index in [9.17, 15) is 0 Å². The number of hydrogen-bond acceptors (Lipinski definition) is 3. The van der Waals surface area contributed by atoms with Crippen LogP contribution >= 0.6 is 0 Å². The number of rotatable bonds is 5. The zero-order valence-corrected chi connectivity index (χ0v) is 8.99. The van der Waals surface area contributed by atoms with Crippen LogP contribution in [0.4, 0.5) is 0 Å². The fraction of sp³-hybridized carbons (Fsp3) is 0.583. The fourth-order valence-corrected chi connectivity index (χ4v) is 1.76. The summed E-state index contributed by atoms with van der Waals surface area (Å²) >= 11 is 0. The van der Waals surface area contributed by atoms with Crippen LogP contribution in [0.1, 0.15) is 37.2 Å². The van der Waals surface area contributed by atoms with Gasteiger partial charge >= 0.3 is 0 Å². The summed E-state index contributed by atoms with van der Waals surface area (Å²) in [4.78, 5) is 0. The minimum absolute atomic E-state index is 0.549. The molecular formula is C12H16N2O. The molecule has 1 heterocycles. The van der Waals surface area contributed by atoms with Crippen molar-refractivity contribution in [2.24, 2.45) is 5.92 Å². The molecular weight excluding hydrogens is 188 g/mol. The van der Waals surface area contributed by atoms with Gasteiger partial charge in [-0.1, -0.05) is 6.92 Å². The Labute approximate surface area is 90.1 Å². The zero-order valence-electron chi connectivity index (χ0n) is 8.99. The molecule has 1 aromatic heterocycles. The van der Waals surface area contributed by atoms with Gasteiger partial charge in [0, 0.05) is 18.9 Å². The van der Waals surface area contributed by atoms with E-state index in [-0.39, 0.29) is 0 Å². The Hall–Kier alpha value is -1.27. The van der Waals surface area contributed by atoms with Gasteiger partial charge in [-0.3, -0.25) is 0 Å². The molecule has 15 heavy (non-hydrogen) atoms. The lowest BCUT2D eigenvalue weighted by molar-refractivity contribution is 0.445. The number of furan rings is 1. The SMILES string of the molecule is CC1CC1c1ccc(CNCCC#N)o1. The molecule has 3 nitrogen and oxygen atoms in total. The zero-order chi connectivity index (χ0) is 10.7. The van der Waals surface area contributed by atoms with Gasteiger partial charge in [-0.2, -0.15) is 5.26 Å². The molecule has 3 heteroatoms. The maximum atomic E-state index is 8.36. The lowest BCUT2D eigenvalue weighted by Crippen LogP contribution is -2.13. The van der Waals surface area contributed by atoms with Crippen LogP contribution in [0.3, 0.4) is 0 Å². The number of nitrogens with one attached hydrogen (secondary N) is 1. The van der Waals surface area contributed by atoms with Crippen LogP contribution in [0.5, 0.6) is 0 Å². The molecule has 1 N–H and O–H groups in total. The predicted molar refractivity (Wildman–Crippen MR) is 57.2 cm³/mol. The van der Waals surface area contributed by atoms with Gasteiger partial charge in [0.25, 0.3) is 0 Å². The van der Waals surface area contributed by atoms with Crippen LogP contribution in [0, 0.1) is 17.2 Å². The quantitative estimate of drug-likeness (QED) is 0.749. The van der Waals surface area contributed by atoms with Crippen LogP contribution in [0.2, 0.25) is 0 Å². The minimum Gasteiger partial charge on any atom is -0.464 e. The lowest BCUT2D eigenvalue weighted by atomic mass is 10.3. The maximum Gasteiger partial charge on any atom is 0.117 e. The highest BCUT2D eigenvalue weighted by Crippen LogP contribution is 2.47. The molecule has 2 unspecified atom stereocenters. The summed E-state index contributed by atoms with van der Waals surface area (Å²) < 4.78 is 5.71. The standard InChI is InChI=1S/C12H16N2O/c1-9-7-11(9)12-4-3-10(15-12)8-14-6-2-5-13/h3-4,9,11,14H,2,6-8H2,1H3. The summed E-state index contributed by atoms with van der Waals surface area (Å²) in [6, 6.07) is 6.21. The van der Waals surface area contributed by atoms with E-state index in [4.69, 9.17) is 9.68 Å². The van der Waals surface area contributed by atoms with Gasteiger partial charge in [0.2, 0.25) is 0 Å². The van der Waals surface area contributed by atoms with Crippen molar-refractivity contribution in [3.63, 3.8) is 0 Å². The van der Waals surface area contributed by atoms with E-state index in [1.54, 1.807) is 0 Å². The van der Waals surface area contributed by atoms with Gasteiger partial charge < -0.3 is 9.73 Å². The highest BCUT2D eigenvalue weighted by Gasteiger charge is 2.36. The molecule has 0 radical (unpaired) electrons. The van der Waals surface area contributed by atoms with Gasteiger partial charge in [0.15, 0.2) is 0 Å². The van der Waals surface area contributed by atoms with Crippen LogP contribution in [-0.2, 0) is 6.54 Å². The second kappa shape index (κ2) is 4.50. The first-order valence-electron chi connectivity index (χ1n) is 5.47. The predicted octanol–water partition coefficient (Wildman–Crippen LogP) is 2.41. The van der Waals surface area contributed by atoms with E-state index in [0.29, 0.717) is 12.3 Å². The molecule has 0 bridgehead atoms. The third kappa shape index (κ3) is 2.60. The van der Waals surface area contributed by atoms with Crippen LogP contribution in [-0.4, -0.2) is 6.54 Å². The van der Waals surface area contributed by atoms with Crippen molar-refractivity contribution in [3.8, 4) is 6.07 Å². The largest absolute Gasteiger partial charge is 0.464 e. The Morgan fingerprint density at radius 1 is 1.60 bits per heavy atom. The third-order valence-corrected chi connectivity index (χ3v) is 2.87. The Morgan fingerprint density at radius 2 is 2.40 bits per heavy atom. The van der Waals surface area contributed by atoms with Crippen molar-refractivity contribution >= 4 is 0 Å². The molecule has 1 saturated carbocycles. The summed E-state index contributed by atoms with van der Waals surface area (Å²) in [5.74, 6) is 3.54. The molecule has 1 aliphatic carbocycles. The summed E-state index contributed by atoms with van der Waals surface area (Å²) in [5, 5.41) is 11.5. The Morgan fingerprint density at radius 3 is 3.07 bits per heavy atom. The first-order valence-corrected chi connectivity index (χ1v) is 5.47. The highest BCUT2D eigenvalue weighted by molar-refractivity contribution is 5.17. The van der Waals surface area contributed by atoms with E-state index in [0.717, 1.165) is 30.5 Å². The first-order chi connectivity index (χ1) is 7.31. The Bertz CT molecular complexity index is 364. The van der Waals surface area contributed by atoms with Gasteiger partial charge in [-0.25, -0.2) is 0 Å². The topological polar surface area (TPSA) is 49.0 Å².